The molecule has 1 saturated heterocycles. The molecule has 0 bridgehead atoms. The molecule has 1 N–H and O–H groups in total. The summed E-state index contributed by atoms with van der Waals surface area (Å²) in [5, 5.41) is 11.2. The van der Waals surface area contributed by atoms with E-state index in [1.165, 1.54) is 19.6 Å². The number of anilines is 1. The van der Waals surface area contributed by atoms with Gasteiger partial charge in [0.05, 0.1) is 18.1 Å². The highest BCUT2D eigenvalue weighted by molar-refractivity contribution is 7.89. The van der Waals surface area contributed by atoms with Crippen LogP contribution >= 0.6 is 0 Å². The van der Waals surface area contributed by atoms with Gasteiger partial charge < -0.3 is 9.64 Å². The summed E-state index contributed by atoms with van der Waals surface area (Å²) in [6, 6.07) is 7.30. The summed E-state index contributed by atoms with van der Waals surface area (Å²) < 4.78 is 32.4. The lowest BCUT2D eigenvalue weighted by Crippen LogP contribution is -2.30. The number of hydrogen-bond donors (Lipinski definition) is 1. The molecule has 1 aliphatic rings. The Morgan fingerprint density at radius 1 is 1.21 bits per heavy atom. The van der Waals surface area contributed by atoms with Crippen molar-refractivity contribution in [3.8, 4) is 5.75 Å². The number of nitro benzene ring substituents is 1. The summed E-state index contributed by atoms with van der Waals surface area (Å²) in [6.45, 7) is 1.93. The minimum atomic E-state index is -4.08. The quantitative estimate of drug-likeness (QED) is 0.555. The van der Waals surface area contributed by atoms with Gasteiger partial charge >= 0.3 is 0 Å². The van der Waals surface area contributed by atoms with Crippen molar-refractivity contribution < 1.29 is 18.1 Å². The molecule has 0 radical (unpaired) electrons. The molecule has 2 heterocycles. The van der Waals surface area contributed by atoms with Crippen LogP contribution in [-0.4, -0.2) is 38.5 Å². The van der Waals surface area contributed by atoms with E-state index in [4.69, 9.17) is 4.74 Å². The van der Waals surface area contributed by atoms with Crippen LogP contribution in [0.15, 0.2) is 41.4 Å². The van der Waals surface area contributed by atoms with E-state index in [1.807, 2.05) is 12.1 Å². The van der Waals surface area contributed by atoms with Crippen LogP contribution in [0.5, 0.6) is 5.75 Å². The Kier molecular flexibility index (Phi) is 6.10. The van der Waals surface area contributed by atoms with Crippen LogP contribution in [0.1, 0.15) is 24.8 Å². The molecule has 3 rings (SSSR count). The Morgan fingerprint density at radius 2 is 1.96 bits per heavy atom. The van der Waals surface area contributed by atoms with Gasteiger partial charge in [-0.15, -0.1) is 0 Å². The highest BCUT2D eigenvalue weighted by Crippen LogP contribution is 2.28. The maximum atomic E-state index is 12.6. The molecule has 1 aliphatic heterocycles. The highest BCUT2D eigenvalue weighted by Gasteiger charge is 2.26. The fraction of sp³-hybridized carbons (Fsp3) is 0.389. The number of piperidine rings is 1. The summed E-state index contributed by atoms with van der Waals surface area (Å²) in [5.74, 6) is 1.08. The lowest BCUT2D eigenvalue weighted by atomic mass is 10.1. The summed E-state index contributed by atoms with van der Waals surface area (Å²) in [7, 11) is -2.72. The van der Waals surface area contributed by atoms with Crippen LogP contribution in [0.2, 0.25) is 0 Å². The van der Waals surface area contributed by atoms with Gasteiger partial charge in [-0.1, -0.05) is 6.07 Å². The number of rotatable bonds is 7. The second-order valence-electron chi connectivity index (χ2n) is 6.49. The minimum Gasteiger partial charge on any atom is -0.497 e. The minimum absolute atomic E-state index is 0.0151. The zero-order valence-corrected chi connectivity index (χ0v) is 16.3. The first-order chi connectivity index (χ1) is 13.4. The number of hydrogen-bond acceptors (Lipinski definition) is 7. The number of sulfonamides is 1. The van der Waals surface area contributed by atoms with Gasteiger partial charge in [0.1, 0.15) is 11.6 Å². The van der Waals surface area contributed by atoms with Crippen LogP contribution in [-0.2, 0) is 16.6 Å². The normalized spacial score (nSPS) is 14.7. The Labute approximate surface area is 163 Å². The van der Waals surface area contributed by atoms with Crippen LogP contribution in [0.3, 0.4) is 0 Å². The predicted octanol–water partition coefficient (Wildman–Crippen LogP) is 2.47. The average molecular weight is 406 g/mol. The molecular weight excluding hydrogens is 384 g/mol. The van der Waals surface area contributed by atoms with Crippen LogP contribution in [0.4, 0.5) is 11.5 Å². The maximum absolute atomic E-state index is 12.6. The number of nitrogens with zero attached hydrogens (tertiary/aromatic N) is 3. The van der Waals surface area contributed by atoms with E-state index in [1.54, 1.807) is 6.20 Å². The largest absolute Gasteiger partial charge is 0.497 e. The Balaban J connectivity index is 1.72. The second-order valence-corrected chi connectivity index (χ2v) is 8.22. The number of benzene rings is 1. The van der Waals surface area contributed by atoms with Gasteiger partial charge in [0.15, 0.2) is 4.90 Å². The first-order valence-electron chi connectivity index (χ1n) is 8.93. The molecule has 2 aromatic rings. The number of pyridine rings is 1. The van der Waals surface area contributed by atoms with E-state index >= 15 is 0 Å². The van der Waals surface area contributed by atoms with Gasteiger partial charge in [-0.05, 0) is 43.0 Å². The lowest BCUT2D eigenvalue weighted by molar-refractivity contribution is -0.387. The molecule has 1 aromatic carbocycles. The Bertz CT molecular complexity index is 941. The van der Waals surface area contributed by atoms with Gasteiger partial charge in [-0.2, -0.15) is 0 Å². The predicted molar refractivity (Wildman–Crippen MR) is 104 cm³/mol. The molecule has 1 aromatic heterocycles. The molecule has 0 saturated carbocycles. The molecule has 150 valence electrons. The van der Waals surface area contributed by atoms with Crippen molar-refractivity contribution in [3.63, 3.8) is 0 Å². The second kappa shape index (κ2) is 8.53. The van der Waals surface area contributed by atoms with Crippen molar-refractivity contribution in [2.45, 2.75) is 30.7 Å². The molecule has 0 atom stereocenters. The van der Waals surface area contributed by atoms with Crippen molar-refractivity contribution in [1.82, 2.24) is 9.71 Å². The van der Waals surface area contributed by atoms with Crippen LogP contribution < -0.4 is 14.4 Å². The number of nitrogens with one attached hydrogen (secondary N) is 1. The van der Waals surface area contributed by atoms with Crippen molar-refractivity contribution in [2.24, 2.45) is 0 Å². The van der Waals surface area contributed by atoms with E-state index in [2.05, 4.69) is 14.6 Å². The molecule has 1 fully saturated rings. The summed E-state index contributed by atoms with van der Waals surface area (Å²) in [5.41, 5.74) is 0.130. The van der Waals surface area contributed by atoms with E-state index in [-0.39, 0.29) is 12.3 Å². The smallest absolute Gasteiger partial charge is 0.293 e. The van der Waals surface area contributed by atoms with Gasteiger partial charge in [-0.3, -0.25) is 10.1 Å². The van der Waals surface area contributed by atoms with E-state index in [9.17, 15) is 18.5 Å². The zero-order chi connectivity index (χ0) is 20.1. The van der Waals surface area contributed by atoms with Crippen molar-refractivity contribution in [3.05, 3.63) is 52.2 Å². The molecule has 0 spiro atoms. The first-order valence-corrected chi connectivity index (χ1v) is 10.4. The van der Waals surface area contributed by atoms with Gasteiger partial charge in [0.25, 0.3) is 5.69 Å². The van der Waals surface area contributed by atoms with Crippen molar-refractivity contribution in [2.75, 3.05) is 25.1 Å². The average Bonchev–Trinajstić information content (AvgIpc) is 2.73. The molecule has 10 heteroatoms. The molecule has 9 nitrogen and oxygen atoms in total. The first kappa shape index (κ1) is 20.0. The van der Waals surface area contributed by atoms with E-state index < -0.39 is 25.5 Å². The summed E-state index contributed by atoms with van der Waals surface area (Å²) in [4.78, 5) is 16.7. The molecule has 28 heavy (non-hydrogen) atoms. The Hall–Kier alpha value is -2.72. The third-order valence-corrected chi connectivity index (χ3v) is 6.06. The van der Waals surface area contributed by atoms with E-state index in [0.29, 0.717) is 5.56 Å². The van der Waals surface area contributed by atoms with Crippen molar-refractivity contribution >= 4 is 21.5 Å². The topological polar surface area (TPSA) is 115 Å². The lowest BCUT2D eigenvalue weighted by Gasteiger charge is -2.27. The summed E-state index contributed by atoms with van der Waals surface area (Å²) in [6.07, 6.45) is 5.14. The highest BCUT2D eigenvalue weighted by atomic mass is 32.2. The van der Waals surface area contributed by atoms with Crippen LogP contribution in [0, 0.1) is 10.1 Å². The van der Waals surface area contributed by atoms with Crippen molar-refractivity contribution in [1.29, 1.82) is 0 Å². The molecule has 0 amide bonds. The maximum Gasteiger partial charge on any atom is 0.293 e. The van der Waals surface area contributed by atoms with Gasteiger partial charge in [0.2, 0.25) is 10.0 Å². The van der Waals surface area contributed by atoms with Crippen LogP contribution in [0.25, 0.3) is 0 Å². The summed E-state index contributed by atoms with van der Waals surface area (Å²) >= 11 is 0. The van der Waals surface area contributed by atoms with Gasteiger partial charge in [0, 0.05) is 25.8 Å². The Morgan fingerprint density at radius 3 is 2.57 bits per heavy atom. The van der Waals surface area contributed by atoms with E-state index in [0.717, 1.165) is 43.9 Å². The zero-order valence-electron chi connectivity index (χ0n) is 15.5. The monoisotopic (exact) mass is 406 g/mol. The number of methoxy groups -OCH3 is 1. The number of aromatic nitrogens is 1. The third-order valence-electron chi connectivity index (χ3n) is 4.61. The molecular formula is C18H22N4O5S. The fourth-order valence-corrected chi connectivity index (χ4v) is 4.25. The van der Waals surface area contributed by atoms with Gasteiger partial charge in [-0.25, -0.2) is 18.1 Å². The molecule has 0 aliphatic carbocycles. The SMILES string of the molecule is COc1ccc(S(=O)(=O)NCc2ccc(N3CCCCC3)nc2)c([N+](=O)[O-])c1. The third kappa shape index (κ3) is 4.57. The number of ether oxygens (including phenoxy) is 1. The fourth-order valence-electron chi connectivity index (χ4n) is 3.08. The number of nitro groups is 1. The standard InChI is InChI=1S/C18H22N4O5S/c1-27-15-6-7-17(16(11-15)22(23)24)28(25,26)20-13-14-5-8-18(19-12-14)21-9-3-2-4-10-21/h5-8,11-12,20H,2-4,9-10,13H2,1H3. The molecule has 0 unspecified atom stereocenters.